The summed E-state index contributed by atoms with van der Waals surface area (Å²) in [6.07, 6.45) is 1.62. The molecule has 0 saturated carbocycles. The van der Waals surface area contributed by atoms with Gasteiger partial charge in [-0.1, -0.05) is 11.6 Å². The Bertz CT molecular complexity index is 1240. The lowest BCUT2D eigenvalue weighted by atomic mass is 10.1. The molecule has 0 unspecified atom stereocenters. The first-order chi connectivity index (χ1) is 14.3. The SMILES string of the molecule is Cc1cc(C)n(-c2ccc(Cl)c(C(=O)Nc3ncc(-c4ccc(F)cc4)n3C)c2)n1. The topological polar surface area (TPSA) is 64.7 Å². The van der Waals surface area contributed by atoms with E-state index in [4.69, 9.17) is 11.6 Å². The van der Waals surface area contributed by atoms with E-state index in [1.165, 1.54) is 12.1 Å². The Morgan fingerprint density at radius 3 is 2.50 bits per heavy atom. The second kappa shape index (κ2) is 7.76. The summed E-state index contributed by atoms with van der Waals surface area (Å²) in [6.45, 7) is 3.85. The fourth-order valence-electron chi connectivity index (χ4n) is 3.29. The van der Waals surface area contributed by atoms with Crippen LogP contribution in [0.4, 0.5) is 10.3 Å². The predicted molar refractivity (Wildman–Crippen MR) is 115 cm³/mol. The molecule has 8 heteroatoms. The smallest absolute Gasteiger partial charge is 0.259 e. The summed E-state index contributed by atoms with van der Waals surface area (Å²) in [4.78, 5) is 17.2. The van der Waals surface area contributed by atoms with Crippen LogP contribution >= 0.6 is 11.6 Å². The molecule has 0 saturated heterocycles. The third kappa shape index (κ3) is 3.71. The summed E-state index contributed by atoms with van der Waals surface area (Å²) in [5.74, 6) is -0.346. The Morgan fingerprint density at radius 2 is 1.83 bits per heavy atom. The van der Waals surface area contributed by atoms with Gasteiger partial charge in [0, 0.05) is 18.3 Å². The molecule has 0 fully saturated rings. The van der Waals surface area contributed by atoms with E-state index in [0.29, 0.717) is 16.5 Å². The van der Waals surface area contributed by atoms with Gasteiger partial charge < -0.3 is 4.57 Å². The summed E-state index contributed by atoms with van der Waals surface area (Å²) in [6, 6.07) is 13.2. The van der Waals surface area contributed by atoms with Crippen molar-refractivity contribution in [3.05, 3.63) is 82.5 Å². The van der Waals surface area contributed by atoms with Gasteiger partial charge in [-0.25, -0.2) is 14.1 Å². The number of halogens is 2. The van der Waals surface area contributed by atoms with Crippen LogP contribution in [0, 0.1) is 19.7 Å². The van der Waals surface area contributed by atoms with Crippen molar-refractivity contribution in [1.82, 2.24) is 19.3 Å². The monoisotopic (exact) mass is 423 g/mol. The summed E-state index contributed by atoms with van der Waals surface area (Å²) >= 11 is 6.29. The van der Waals surface area contributed by atoms with Gasteiger partial charge >= 0.3 is 0 Å². The van der Waals surface area contributed by atoms with Crippen molar-refractivity contribution in [1.29, 1.82) is 0 Å². The van der Waals surface area contributed by atoms with E-state index >= 15 is 0 Å². The predicted octanol–water partition coefficient (Wildman–Crippen LogP) is 4.93. The van der Waals surface area contributed by atoms with E-state index in [0.717, 1.165) is 28.3 Å². The molecule has 0 spiro atoms. The minimum atomic E-state index is -0.386. The molecular formula is C22H19ClFN5O. The minimum Gasteiger partial charge on any atom is -0.313 e. The zero-order valence-corrected chi connectivity index (χ0v) is 17.4. The quantitative estimate of drug-likeness (QED) is 0.506. The summed E-state index contributed by atoms with van der Waals surface area (Å²) in [5.41, 5.74) is 4.42. The first-order valence-electron chi connectivity index (χ1n) is 9.25. The molecule has 0 bridgehead atoms. The van der Waals surface area contributed by atoms with Crippen LogP contribution in [-0.2, 0) is 7.05 Å². The van der Waals surface area contributed by atoms with E-state index in [-0.39, 0.29) is 11.7 Å². The Labute approximate surface area is 177 Å². The highest BCUT2D eigenvalue weighted by Crippen LogP contribution is 2.25. The van der Waals surface area contributed by atoms with Gasteiger partial charge in [-0.15, -0.1) is 0 Å². The van der Waals surface area contributed by atoms with Crippen LogP contribution in [0.15, 0.2) is 54.7 Å². The number of aromatic nitrogens is 4. The highest BCUT2D eigenvalue weighted by molar-refractivity contribution is 6.34. The fraction of sp³-hybridized carbons (Fsp3) is 0.136. The zero-order valence-electron chi connectivity index (χ0n) is 16.6. The highest BCUT2D eigenvalue weighted by atomic mass is 35.5. The van der Waals surface area contributed by atoms with Gasteiger partial charge in [0.25, 0.3) is 5.91 Å². The summed E-state index contributed by atoms with van der Waals surface area (Å²) in [5, 5.41) is 7.57. The van der Waals surface area contributed by atoms with Gasteiger partial charge in [-0.3, -0.25) is 10.1 Å². The molecule has 4 rings (SSSR count). The summed E-state index contributed by atoms with van der Waals surface area (Å²) < 4.78 is 16.7. The largest absolute Gasteiger partial charge is 0.313 e. The van der Waals surface area contributed by atoms with Crippen LogP contribution < -0.4 is 5.32 Å². The average Bonchev–Trinajstić information content (AvgIpc) is 3.24. The van der Waals surface area contributed by atoms with Gasteiger partial charge in [-0.05, 0) is 62.4 Å². The number of nitrogens with zero attached hydrogens (tertiary/aromatic N) is 4. The number of benzene rings is 2. The Hall–Kier alpha value is -3.45. The first kappa shape index (κ1) is 19.8. The highest BCUT2D eigenvalue weighted by Gasteiger charge is 2.17. The number of amides is 1. The van der Waals surface area contributed by atoms with Gasteiger partial charge in [0.05, 0.1) is 33.9 Å². The van der Waals surface area contributed by atoms with Crippen molar-refractivity contribution < 1.29 is 9.18 Å². The standard InChI is InChI=1S/C22H19ClFN5O/c1-13-10-14(2)29(27-13)17-8-9-19(23)18(11-17)21(30)26-22-25-12-20(28(22)3)15-4-6-16(24)7-5-15/h4-12H,1-3H3,(H,25,26,30). The lowest BCUT2D eigenvalue weighted by Gasteiger charge is -2.11. The molecule has 0 aliphatic rings. The molecule has 1 N–H and O–H groups in total. The van der Waals surface area contributed by atoms with Crippen molar-refractivity contribution in [2.24, 2.45) is 7.05 Å². The molecule has 0 aliphatic heterocycles. The number of rotatable bonds is 4. The number of carbonyl (C=O) groups excluding carboxylic acids is 1. The maximum absolute atomic E-state index is 13.2. The minimum absolute atomic E-state index is 0.313. The molecule has 6 nitrogen and oxygen atoms in total. The van der Waals surface area contributed by atoms with Gasteiger partial charge in [0.2, 0.25) is 5.95 Å². The van der Waals surface area contributed by atoms with Crippen LogP contribution in [0.25, 0.3) is 16.9 Å². The van der Waals surface area contributed by atoms with Gasteiger partial charge in [0.1, 0.15) is 5.82 Å². The van der Waals surface area contributed by atoms with Crippen molar-refractivity contribution in [3.63, 3.8) is 0 Å². The molecule has 0 radical (unpaired) electrons. The third-order valence-electron chi connectivity index (χ3n) is 4.80. The van der Waals surface area contributed by atoms with E-state index < -0.39 is 0 Å². The fourth-order valence-corrected chi connectivity index (χ4v) is 3.50. The number of nitrogens with one attached hydrogen (secondary N) is 1. The van der Waals surface area contributed by atoms with E-state index in [1.807, 2.05) is 26.0 Å². The number of anilines is 1. The van der Waals surface area contributed by atoms with Crippen LogP contribution in [0.5, 0.6) is 0 Å². The lowest BCUT2D eigenvalue weighted by molar-refractivity contribution is 0.102. The van der Waals surface area contributed by atoms with Crippen molar-refractivity contribution in [3.8, 4) is 16.9 Å². The number of hydrogen-bond donors (Lipinski definition) is 1. The number of imidazole rings is 1. The maximum atomic E-state index is 13.2. The Morgan fingerprint density at radius 1 is 1.10 bits per heavy atom. The molecule has 30 heavy (non-hydrogen) atoms. The molecule has 0 aliphatic carbocycles. The van der Waals surface area contributed by atoms with Crippen molar-refractivity contribution in [2.45, 2.75) is 13.8 Å². The third-order valence-corrected chi connectivity index (χ3v) is 5.13. The molecule has 2 aromatic carbocycles. The first-order valence-corrected chi connectivity index (χ1v) is 9.63. The van der Waals surface area contributed by atoms with Crippen LogP contribution in [0.1, 0.15) is 21.7 Å². The number of hydrogen-bond acceptors (Lipinski definition) is 3. The van der Waals surface area contributed by atoms with E-state index in [1.54, 1.807) is 46.8 Å². The normalized spacial score (nSPS) is 11.0. The zero-order chi connectivity index (χ0) is 21.4. The number of carbonyl (C=O) groups is 1. The van der Waals surface area contributed by atoms with Crippen LogP contribution in [0.3, 0.4) is 0 Å². The van der Waals surface area contributed by atoms with Crippen molar-refractivity contribution >= 4 is 23.5 Å². The van der Waals surface area contributed by atoms with Crippen molar-refractivity contribution in [2.75, 3.05) is 5.32 Å². The molecule has 0 atom stereocenters. The molecule has 152 valence electrons. The van der Waals surface area contributed by atoms with E-state index in [9.17, 15) is 9.18 Å². The average molecular weight is 424 g/mol. The summed E-state index contributed by atoms with van der Waals surface area (Å²) in [7, 11) is 1.77. The molecular weight excluding hydrogens is 405 g/mol. The van der Waals surface area contributed by atoms with E-state index in [2.05, 4.69) is 15.4 Å². The molecule has 2 heterocycles. The van der Waals surface area contributed by atoms with Gasteiger partial charge in [0.15, 0.2) is 0 Å². The van der Waals surface area contributed by atoms with Crippen LogP contribution in [-0.4, -0.2) is 25.2 Å². The Balaban J connectivity index is 1.62. The molecule has 2 aromatic heterocycles. The second-order valence-electron chi connectivity index (χ2n) is 6.99. The second-order valence-corrected chi connectivity index (χ2v) is 7.40. The maximum Gasteiger partial charge on any atom is 0.259 e. The van der Waals surface area contributed by atoms with Crippen LogP contribution in [0.2, 0.25) is 5.02 Å². The molecule has 1 amide bonds. The molecule has 4 aromatic rings. The Kier molecular flexibility index (Phi) is 5.13. The van der Waals surface area contributed by atoms with Gasteiger partial charge in [-0.2, -0.15) is 5.10 Å². The number of aryl methyl sites for hydroxylation is 2. The lowest BCUT2D eigenvalue weighted by Crippen LogP contribution is -2.16.